The van der Waals surface area contributed by atoms with E-state index in [1.54, 1.807) is 6.07 Å². The van der Waals surface area contributed by atoms with Crippen molar-refractivity contribution in [3.05, 3.63) is 17.1 Å². The van der Waals surface area contributed by atoms with Gasteiger partial charge in [0.1, 0.15) is 0 Å². The zero-order valence-electron chi connectivity index (χ0n) is 13.4. The molecule has 1 aromatic carbocycles. The number of halogens is 2. The van der Waals surface area contributed by atoms with Crippen molar-refractivity contribution < 1.29 is 58.5 Å². The standard InChI is InChI=1S/C14H20N3O3.2ClH.Zn/c1-3-19-13-10-12(17-5-7-18-8-6-17)14(20-4-2)9-11(13)16-15;;;/h9-10H,3-8H2,1-2H3;2*1H;/q+1;;;+1/p-2. The minimum Gasteiger partial charge on any atom is -1.00 e. The van der Waals surface area contributed by atoms with Crippen LogP contribution >= 0.6 is 0 Å². The summed E-state index contributed by atoms with van der Waals surface area (Å²) < 4.78 is 16.6. The van der Waals surface area contributed by atoms with Crippen molar-refractivity contribution in [1.82, 2.24) is 0 Å². The topological polar surface area (TPSA) is 59.1 Å². The molecule has 1 fully saturated rings. The van der Waals surface area contributed by atoms with Crippen LogP contribution in [-0.2, 0) is 24.2 Å². The van der Waals surface area contributed by atoms with Gasteiger partial charge in [-0.2, -0.15) is 0 Å². The number of rotatable bonds is 5. The molecule has 0 unspecified atom stereocenters. The van der Waals surface area contributed by atoms with Crippen LogP contribution in [0, 0.1) is 5.39 Å². The second-order valence-electron chi connectivity index (χ2n) is 4.35. The van der Waals surface area contributed by atoms with Crippen LogP contribution in [0.15, 0.2) is 12.1 Å². The average Bonchev–Trinajstić information content (AvgIpc) is 2.49. The third-order valence-electron chi connectivity index (χ3n) is 3.10. The Balaban J connectivity index is 0. The summed E-state index contributed by atoms with van der Waals surface area (Å²) >= 11 is 0. The summed E-state index contributed by atoms with van der Waals surface area (Å²) in [5.41, 5.74) is 1.33. The molecule has 0 spiro atoms. The molecule has 0 amide bonds. The smallest absolute Gasteiger partial charge is 1.00 e. The van der Waals surface area contributed by atoms with Gasteiger partial charge < -0.3 is 43.9 Å². The van der Waals surface area contributed by atoms with Crippen molar-refractivity contribution in [3.63, 3.8) is 0 Å². The minimum atomic E-state index is 0. The number of hydrogen-bond donors (Lipinski definition) is 0. The maximum Gasteiger partial charge on any atom is 1.00 e. The monoisotopic (exact) mass is 412 g/mol. The van der Waals surface area contributed by atoms with Crippen LogP contribution in [0.1, 0.15) is 13.8 Å². The Kier molecular flexibility index (Phi) is 13.4. The summed E-state index contributed by atoms with van der Waals surface area (Å²) in [5.74, 6) is 1.26. The van der Waals surface area contributed by atoms with Gasteiger partial charge in [0.15, 0.2) is 10.7 Å². The Morgan fingerprint density at radius 2 is 1.65 bits per heavy atom. The summed E-state index contributed by atoms with van der Waals surface area (Å²) in [6.07, 6.45) is 0. The molecule has 6 nitrogen and oxygen atoms in total. The van der Waals surface area contributed by atoms with Gasteiger partial charge in [0, 0.05) is 19.2 Å². The Hall–Kier alpha value is -0.797. The fourth-order valence-electron chi connectivity index (χ4n) is 2.21. The van der Waals surface area contributed by atoms with E-state index in [0.29, 0.717) is 43.6 Å². The molecule has 0 saturated carbocycles. The first-order valence-electron chi connectivity index (χ1n) is 6.91. The number of diazo groups is 1. The molecule has 2 rings (SSSR count). The molecule has 1 aliphatic rings. The molecular formula is C14H20Cl2N3O3Zn. The zero-order valence-corrected chi connectivity index (χ0v) is 17.9. The molecule has 23 heavy (non-hydrogen) atoms. The van der Waals surface area contributed by atoms with Gasteiger partial charge in [0.25, 0.3) is 0 Å². The molecule has 1 heterocycles. The summed E-state index contributed by atoms with van der Waals surface area (Å²) in [6.45, 7) is 7.89. The van der Waals surface area contributed by atoms with E-state index in [-0.39, 0.29) is 44.3 Å². The largest absolute Gasteiger partial charge is 1.00 e. The molecule has 1 aliphatic heterocycles. The fourth-order valence-corrected chi connectivity index (χ4v) is 2.21. The molecule has 0 aromatic heterocycles. The van der Waals surface area contributed by atoms with Gasteiger partial charge in [0.2, 0.25) is 11.1 Å². The molecule has 9 heteroatoms. The predicted molar refractivity (Wildman–Crippen MR) is 76.6 cm³/mol. The molecule has 0 atom stereocenters. The second-order valence-corrected chi connectivity index (χ2v) is 4.35. The molecule has 1 radical (unpaired) electrons. The number of anilines is 1. The van der Waals surface area contributed by atoms with Crippen LogP contribution in [-0.4, -0.2) is 39.5 Å². The van der Waals surface area contributed by atoms with E-state index in [1.807, 2.05) is 19.9 Å². The second kappa shape index (κ2) is 12.6. The summed E-state index contributed by atoms with van der Waals surface area (Å²) in [4.78, 5) is 5.46. The first-order valence-corrected chi connectivity index (χ1v) is 6.91. The van der Waals surface area contributed by atoms with E-state index in [0.717, 1.165) is 18.8 Å². The van der Waals surface area contributed by atoms with Crippen molar-refractivity contribution in [2.45, 2.75) is 13.8 Å². The third kappa shape index (κ3) is 6.31. The van der Waals surface area contributed by atoms with Gasteiger partial charge in [-0.15, -0.1) is 0 Å². The predicted octanol–water partition coefficient (Wildman–Crippen LogP) is -3.19. The number of benzene rings is 1. The Morgan fingerprint density at radius 1 is 1.09 bits per heavy atom. The van der Waals surface area contributed by atoms with E-state index in [2.05, 4.69) is 9.88 Å². The number of morpholine rings is 1. The maximum absolute atomic E-state index is 9.09. The van der Waals surface area contributed by atoms with E-state index >= 15 is 0 Å². The quantitative estimate of drug-likeness (QED) is 0.376. The minimum absolute atomic E-state index is 0. The van der Waals surface area contributed by atoms with Crippen molar-refractivity contribution in [3.8, 4) is 11.5 Å². The van der Waals surface area contributed by atoms with Crippen molar-refractivity contribution in [2.24, 2.45) is 0 Å². The van der Waals surface area contributed by atoms with Crippen LogP contribution < -0.4 is 39.2 Å². The van der Waals surface area contributed by atoms with Crippen LogP contribution in [0.2, 0.25) is 0 Å². The van der Waals surface area contributed by atoms with E-state index in [9.17, 15) is 0 Å². The molecule has 0 N–H and O–H groups in total. The average molecular weight is 415 g/mol. The summed E-state index contributed by atoms with van der Waals surface area (Å²) in [6, 6.07) is 3.58. The maximum atomic E-state index is 9.09. The van der Waals surface area contributed by atoms with Gasteiger partial charge in [-0.3, -0.25) is 0 Å². The molecule has 1 aromatic rings. The normalized spacial score (nSPS) is 12.8. The van der Waals surface area contributed by atoms with Crippen molar-refractivity contribution >= 4 is 11.4 Å². The van der Waals surface area contributed by atoms with Gasteiger partial charge in [-0.25, -0.2) is 0 Å². The van der Waals surface area contributed by atoms with Gasteiger partial charge in [0.05, 0.1) is 38.2 Å². The van der Waals surface area contributed by atoms with Crippen LogP contribution in [0.25, 0.3) is 4.98 Å². The Bertz CT molecular complexity index is 509. The molecule has 0 bridgehead atoms. The number of ether oxygens (including phenoxy) is 3. The summed E-state index contributed by atoms with van der Waals surface area (Å²) in [5, 5.41) is 9.09. The van der Waals surface area contributed by atoms with E-state index in [1.165, 1.54) is 0 Å². The van der Waals surface area contributed by atoms with Crippen molar-refractivity contribution in [2.75, 3.05) is 44.4 Å². The first kappa shape index (κ1) is 24.5. The summed E-state index contributed by atoms with van der Waals surface area (Å²) in [7, 11) is 0. The van der Waals surface area contributed by atoms with Gasteiger partial charge in [-0.05, 0) is 13.8 Å². The van der Waals surface area contributed by atoms with Crippen molar-refractivity contribution in [1.29, 1.82) is 5.39 Å². The number of nitrogens with zero attached hydrogens (tertiary/aromatic N) is 3. The molecule has 1 saturated heterocycles. The molecular weight excluding hydrogens is 394 g/mol. The SMILES string of the molecule is CCOc1cc(N2CCOCC2)c(OCC)cc1[N+]#N.[Cl-].[Cl-].[Zn+]. The third-order valence-corrected chi connectivity index (χ3v) is 3.10. The first-order chi connectivity index (χ1) is 9.80. The van der Waals surface area contributed by atoms with Crippen LogP contribution in [0.3, 0.4) is 0 Å². The Labute approximate surface area is 162 Å². The molecule has 0 aliphatic carbocycles. The van der Waals surface area contributed by atoms with Crippen LogP contribution in [0.4, 0.5) is 11.4 Å². The zero-order chi connectivity index (χ0) is 14.4. The van der Waals surface area contributed by atoms with Crippen LogP contribution in [0.5, 0.6) is 11.5 Å². The Morgan fingerprint density at radius 3 is 2.17 bits per heavy atom. The van der Waals surface area contributed by atoms with Gasteiger partial charge in [-0.1, -0.05) is 0 Å². The van der Waals surface area contributed by atoms with E-state index < -0.39 is 0 Å². The fraction of sp³-hybridized carbons (Fsp3) is 0.571. The van der Waals surface area contributed by atoms with E-state index in [4.69, 9.17) is 19.6 Å². The van der Waals surface area contributed by atoms with Gasteiger partial charge >= 0.3 is 25.2 Å². The number of hydrogen-bond acceptors (Lipinski definition) is 5. The molecule has 125 valence electrons.